The topological polar surface area (TPSA) is 12.5 Å². The fourth-order valence-electron chi connectivity index (χ4n) is 4.83. The number of alkyl halides is 1. The number of nitrogens with zero attached hydrogens (tertiary/aromatic N) is 1. The van der Waals surface area contributed by atoms with Crippen LogP contribution in [0.1, 0.15) is 53.5 Å². The van der Waals surface area contributed by atoms with Gasteiger partial charge in [-0.1, -0.05) is 71.9 Å². The third kappa shape index (κ3) is 4.93. The molecule has 1 aliphatic heterocycles. The summed E-state index contributed by atoms with van der Waals surface area (Å²) in [7, 11) is -1.96. The van der Waals surface area contributed by atoms with Gasteiger partial charge in [-0.3, -0.25) is 4.90 Å². The zero-order valence-electron chi connectivity index (χ0n) is 16.8. The van der Waals surface area contributed by atoms with E-state index in [2.05, 4.69) is 70.7 Å². The lowest BCUT2D eigenvalue weighted by Crippen LogP contribution is -2.54. The first kappa shape index (κ1) is 20.6. The number of rotatable bonds is 7. The molecule has 1 aromatic carbocycles. The van der Waals surface area contributed by atoms with Gasteiger partial charge in [0, 0.05) is 26.1 Å². The molecule has 142 valence electrons. The second-order valence-corrected chi connectivity index (χ2v) is 14.0. The van der Waals surface area contributed by atoms with Gasteiger partial charge < -0.3 is 4.43 Å². The van der Waals surface area contributed by atoms with Crippen molar-refractivity contribution in [2.75, 3.05) is 13.1 Å². The largest absolute Gasteiger partial charge is 0.412 e. The van der Waals surface area contributed by atoms with Crippen molar-refractivity contribution in [3.63, 3.8) is 0 Å². The van der Waals surface area contributed by atoms with Gasteiger partial charge in [0.2, 0.25) is 8.32 Å². The minimum atomic E-state index is -1.96. The number of hydrogen-bond acceptors (Lipinski definition) is 2. The maximum Gasteiger partial charge on any atom is 0.200 e. The smallest absolute Gasteiger partial charge is 0.200 e. The highest BCUT2D eigenvalue weighted by Crippen LogP contribution is 2.43. The standard InChI is InChI=1S/C21H36FNOSi/c1-16(2)25(17(3)4,18(5)6)24-21-12-20(22)14-23(15-21)13-19-10-8-7-9-11-19/h7-11,16-18,20-21H,12-15H2,1-6H3/t20-,21-/m1/s1. The van der Waals surface area contributed by atoms with Gasteiger partial charge in [-0.15, -0.1) is 0 Å². The van der Waals surface area contributed by atoms with Gasteiger partial charge in [0.05, 0.1) is 6.10 Å². The van der Waals surface area contributed by atoms with Crippen LogP contribution in [0.4, 0.5) is 4.39 Å². The van der Waals surface area contributed by atoms with Crippen LogP contribution in [-0.4, -0.2) is 38.6 Å². The highest BCUT2D eigenvalue weighted by molar-refractivity contribution is 6.77. The Morgan fingerprint density at radius 1 is 1.00 bits per heavy atom. The van der Waals surface area contributed by atoms with Gasteiger partial charge in [-0.25, -0.2) is 4.39 Å². The first-order chi connectivity index (χ1) is 11.8. The lowest BCUT2D eigenvalue weighted by molar-refractivity contribution is 0.0269. The van der Waals surface area contributed by atoms with Crippen LogP contribution in [0.15, 0.2) is 30.3 Å². The zero-order chi connectivity index (χ0) is 18.6. The minimum absolute atomic E-state index is 0.0197. The average molecular weight is 366 g/mol. The Hall–Kier alpha value is -0.713. The minimum Gasteiger partial charge on any atom is -0.412 e. The summed E-state index contributed by atoms with van der Waals surface area (Å²) in [6.07, 6.45) is -0.223. The van der Waals surface area contributed by atoms with Crippen LogP contribution >= 0.6 is 0 Å². The zero-order valence-corrected chi connectivity index (χ0v) is 17.8. The van der Waals surface area contributed by atoms with Crippen molar-refractivity contribution in [2.45, 2.75) is 83.4 Å². The molecular formula is C21H36FNOSi. The molecule has 0 aromatic heterocycles. The predicted molar refractivity (Wildman–Crippen MR) is 107 cm³/mol. The van der Waals surface area contributed by atoms with E-state index in [1.165, 1.54) is 5.56 Å². The van der Waals surface area contributed by atoms with Crippen LogP contribution in [0.2, 0.25) is 16.6 Å². The van der Waals surface area contributed by atoms with Crippen molar-refractivity contribution in [2.24, 2.45) is 0 Å². The van der Waals surface area contributed by atoms with Gasteiger partial charge >= 0.3 is 0 Å². The lowest BCUT2D eigenvalue weighted by Gasteiger charge is -2.47. The Morgan fingerprint density at radius 3 is 2.08 bits per heavy atom. The molecule has 0 aliphatic carbocycles. The van der Waals surface area contributed by atoms with Crippen LogP contribution in [0.25, 0.3) is 0 Å². The summed E-state index contributed by atoms with van der Waals surface area (Å²) < 4.78 is 21.3. The maximum atomic E-state index is 14.5. The molecule has 2 nitrogen and oxygen atoms in total. The first-order valence-electron chi connectivity index (χ1n) is 9.83. The fraction of sp³-hybridized carbons (Fsp3) is 0.714. The van der Waals surface area contributed by atoms with Gasteiger partial charge in [0.25, 0.3) is 0 Å². The SMILES string of the molecule is CC(C)[Si](O[C@@H]1C[C@@H](F)CN(Cc2ccccc2)C1)(C(C)C)C(C)C. The normalized spacial score (nSPS) is 23.0. The summed E-state index contributed by atoms with van der Waals surface area (Å²) >= 11 is 0. The van der Waals surface area contributed by atoms with E-state index in [-0.39, 0.29) is 6.10 Å². The molecule has 25 heavy (non-hydrogen) atoms. The van der Waals surface area contributed by atoms with Crippen molar-refractivity contribution >= 4 is 8.32 Å². The van der Waals surface area contributed by atoms with Gasteiger partial charge in [0.1, 0.15) is 6.17 Å². The van der Waals surface area contributed by atoms with Crippen molar-refractivity contribution in [1.29, 1.82) is 0 Å². The molecule has 0 bridgehead atoms. The van der Waals surface area contributed by atoms with Crippen LogP contribution in [-0.2, 0) is 11.0 Å². The molecule has 0 amide bonds. The molecule has 1 aromatic rings. The van der Waals surface area contributed by atoms with Crippen LogP contribution in [0, 0.1) is 0 Å². The Bertz CT molecular complexity index is 498. The molecule has 4 heteroatoms. The summed E-state index contributed by atoms with van der Waals surface area (Å²) in [4.78, 5) is 2.23. The molecule has 2 atom stereocenters. The first-order valence-corrected chi connectivity index (χ1v) is 12.0. The van der Waals surface area contributed by atoms with Gasteiger partial charge in [-0.05, 0) is 22.2 Å². The number of piperidine rings is 1. The Morgan fingerprint density at radius 2 is 1.56 bits per heavy atom. The van der Waals surface area contributed by atoms with E-state index in [1.54, 1.807) is 0 Å². The Labute approximate surface area is 154 Å². The van der Waals surface area contributed by atoms with Crippen LogP contribution in [0.5, 0.6) is 0 Å². The molecule has 0 unspecified atom stereocenters. The number of hydrogen-bond donors (Lipinski definition) is 0. The molecular weight excluding hydrogens is 329 g/mol. The van der Waals surface area contributed by atoms with Gasteiger partial charge in [0.15, 0.2) is 0 Å². The monoisotopic (exact) mass is 365 g/mol. The van der Waals surface area contributed by atoms with E-state index in [9.17, 15) is 4.39 Å². The molecule has 2 rings (SSSR count). The van der Waals surface area contributed by atoms with Crippen LogP contribution in [0.3, 0.4) is 0 Å². The van der Waals surface area contributed by atoms with E-state index < -0.39 is 14.5 Å². The van der Waals surface area contributed by atoms with Crippen molar-refractivity contribution in [3.05, 3.63) is 35.9 Å². The fourth-order valence-corrected chi connectivity index (χ4v) is 10.4. The van der Waals surface area contributed by atoms with E-state index in [4.69, 9.17) is 4.43 Å². The second-order valence-electron chi connectivity index (χ2n) is 8.57. The lowest BCUT2D eigenvalue weighted by atomic mass is 10.1. The molecule has 1 fully saturated rings. The van der Waals surface area contributed by atoms with Crippen molar-refractivity contribution in [3.8, 4) is 0 Å². The second kappa shape index (κ2) is 8.78. The van der Waals surface area contributed by atoms with E-state index >= 15 is 0 Å². The van der Waals surface area contributed by atoms with Crippen molar-refractivity contribution in [1.82, 2.24) is 4.90 Å². The van der Waals surface area contributed by atoms with Gasteiger partial charge in [-0.2, -0.15) is 0 Å². The van der Waals surface area contributed by atoms with E-state index in [0.29, 0.717) is 29.6 Å². The average Bonchev–Trinajstić information content (AvgIpc) is 2.52. The highest BCUT2D eigenvalue weighted by Gasteiger charge is 2.47. The quantitative estimate of drug-likeness (QED) is 0.567. The number of likely N-dealkylation sites (tertiary alicyclic amines) is 1. The number of benzene rings is 1. The molecule has 0 N–H and O–H groups in total. The maximum absolute atomic E-state index is 14.5. The number of halogens is 1. The summed E-state index contributed by atoms with van der Waals surface area (Å²) in [5.74, 6) is 0. The molecule has 0 saturated carbocycles. The molecule has 1 heterocycles. The predicted octanol–water partition coefficient (Wildman–Crippen LogP) is 5.79. The highest BCUT2D eigenvalue weighted by atomic mass is 28.4. The van der Waals surface area contributed by atoms with Crippen molar-refractivity contribution < 1.29 is 8.82 Å². The summed E-state index contributed by atoms with van der Waals surface area (Å²) in [5, 5.41) is 0. The summed E-state index contributed by atoms with van der Waals surface area (Å²) in [5.41, 5.74) is 2.86. The Kier molecular flexibility index (Phi) is 7.24. The third-order valence-electron chi connectivity index (χ3n) is 5.76. The molecule has 0 spiro atoms. The summed E-state index contributed by atoms with van der Waals surface area (Å²) in [6, 6.07) is 10.4. The van der Waals surface area contributed by atoms with E-state index in [0.717, 1.165) is 13.1 Å². The summed E-state index contributed by atoms with van der Waals surface area (Å²) in [6.45, 7) is 15.9. The van der Waals surface area contributed by atoms with E-state index in [1.807, 2.05) is 6.07 Å². The molecule has 0 radical (unpaired) electrons. The van der Waals surface area contributed by atoms with Crippen LogP contribution < -0.4 is 0 Å². The molecule has 1 saturated heterocycles. The third-order valence-corrected chi connectivity index (χ3v) is 11.9. The molecule has 1 aliphatic rings. The Balaban J connectivity index is 2.12.